The van der Waals surface area contributed by atoms with Crippen LogP contribution in [0, 0.1) is 0 Å². The number of amides is 1. The molecule has 1 amide bonds. The molecule has 2 aromatic carbocycles. The van der Waals surface area contributed by atoms with Crippen molar-refractivity contribution in [1.29, 1.82) is 0 Å². The van der Waals surface area contributed by atoms with E-state index in [9.17, 15) is 4.79 Å². The quantitative estimate of drug-likeness (QED) is 0.761. The van der Waals surface area contributed by atoms with Gasteiger partial charge in [-0.15, -0.1) is 0 Å². The van der Waals surface area contributed by atoms with Crippen LogP contribution < -0.4 is 5.32 Å². The summed E-state index contributed by atoms with van der Waals surface area (Å²) in [5, 5.41) is 3.42. The highest BCUT2D eigenvalue weighted by Gasteiger charge is 2.23. The van der Waals surface area contributed by atoms with Gasteiger partial charge in [0, 0.05) is 4.47 Å². The first kappa shape index (κ1) is 16.0. The van der Waals surface area contributed by atoms with Gasteiger partial charge in [-0.05, 0) is 59.7 Å². The van der Waals surface area contributed by atoms with Gasteiger partial charge in [-0.2, -0.15) is 0 Å². The highest BCUT2D eigenvalue weighted by atomic mass is 79.9. The van der Waals surface area contributed by atoms with E-state index in [1.165, 1.54) is 17.3 Å². The van der Waals surface area contributed by atoms with Crippen LogP contribution in [-0.4, -0.2) is 11.1 Å². The Kier molecular flexibility index (Phi) is 4.98. The van der Waals surface area contributed by atoms with Gasteiger partial charge in [-0.3, -0.25) is 4.79 Å². The van der Waals surface area contributed by atoms with Crippen molar-refractivity contribution in [2.24, 2.45) is 4.99 Å². The molecular formula is C18H15BrN2OS. The van der Waals surface area contributed by atoms with E-state index in [1.54, 1.807) is 0 Å². The minimum absolute atomic E-state index is 0.109. The summed E-state index contributed by atoms with van der Waals surface area (Å²) in [5.74, 6) is -0.109. The molecule has 1 aliphatic rings. The van der Waals surface area contributed by atoms with Gasteiger partial charge < -0.3 is 5.32 Å². The zero-order valence-corrected chi connectivity index (χ0v) is 14.9. The van der Waals surface area contributed by atoms with Crippen LogP contribution in [0.15, 0.2) is 62.9 Å². The number of aryl methyl sites for hydroxylation is 1. The molecule has 3 rings (SSSR count). The van der Waals surface area contributed by atoms with E-state index in [1.807, 2.05) is 42.5 Å². The lowest BCUT2D eigenvalue weighted by Gasteiger charge is -1.98. The summed E-state index contributed by atoms with van der Waals surface area (Å²) in [4.78, 5) is 17.2. The molecule has 23 heavy (non-hydrogen) atoms. The maximum atomic E-state index is 12.1. The van der Waals surface area contributed by atoms with E-state index in [2.05, 4.69) is 45.3 Å². The second kappa shape index (κ2) is 7.15. The maximum Gasteiger partial charge on any atom is 0.264 e. The second-order valence-electron chi connectivity index (χ2n) is 5.05. The third-order valence-electron chi connectivity index (χ3n) is 3.39. The maximum absolute atomic E-state index is 12.1. The van der Waals surface area contributed by atoms with Gasteiger partial charge in [0.15, 0.2) is 5.17 Å². The van der Waals surface area contributed by atoms with Crippen LogP contribution in [0.3, 0.4) is 0 Å². The minimum Gasteiger partial charge on any atom is -0.300 e. The Labute approximate surface area is 148 Å². The number of nitrogens with one attached hydrogen (secondary N) is 1. The van der Waals surface area contributed by atoms with E-state index >= 15 is 0 Å². The van der Waals surface area contributed by atoms with Crippen LogP contribution in [0.2, 0.25) is 0 Å². The number of aliphatic imine (C=N–C) groups is 1. The number of carbonyl (C=O) groups is 1. The van der Waals surface area contributed by atoms with Gasteiger partial charge in [-0.25, -0.2) is 4.99 Å². The molecule has 1 aliphatic heterocycles. The molecule has 1 N–H and O–H groups in total. The summed E-state index contributed by atoms with van der Waals surface area (Å²) in [6.45, 7) is 2.12. The highest BCUT2D eigenvalue weighted by molar-refractivity contribution is 9.10. The van der Waals surface area contributed by atoms with Crippen molar-refractivity contribution in [3.63, 3.8) is 0 Å². The van der Waals surface area contributed by atoms with Gasteiger partial charge in [0.2, 0.25) is 0 Å². The third-order valence-corrected chi connectivity index (χ3v) is 4.83. The Hall–Kier alpha value is -1.85. The van der Waals surface area contributed by atoms with Crippen molar-refractivity contribution in [3.8, 4) is 0 Å². The molecule has 0 atom stereocenters. The number of halogens is 1. The fourth-order valence-electron chi connectivity index (χ4n) is 2.11. The Balaban J connectivity index is 1.78. The molecule has 116 valence electrons. The third kappa shape index (κ3) is 4.12. The highest BCUT2D eigenvalue weighted by Crippen LogP contribution is 2.28. The number of benzene rings is 2. The average Bonchev–Trinajstić information content (AvgIpc) is 2.90. The molecule has 1 fully saturated rings. The first-order chi connectivity index (χ1) is 11.1. The van der Waals surface area contributed by atoms with Gasteiger partial charge in [-0.1, -0.05) is 47.1 Å². The van der Waals surface area contributed by atoms with Gasteiger partial charge in [0.05, 0.1) is 10.6 Å². The van der Waals surface area contributed by atoms with Crippen molar-refractivity contribution in [2.45, 2.75) is 13.3 Å². The van der Waals surface area contributed by atoms with Crippen LogP contribution in [-0.2, 0) is 11.2 Å². The fraction of sp³-hybridized carbons (Fsp3) is 0.111. The van der Waals surface area contributed by atoms with Gasteiger partial charge >= 0.3 is 0 Å². The molecule has 0 spiro atoms. The molecule has 2 aromatic rings. The van der Waals surface area contributed by atoms with Crippen LogP contribution in [0.25, 0.3) is 6.08 Å². The number of carbonyl (C=O) groups excluding carboxylic acids is 1. The normalized spacial score (nSPS) is 17.7. The molecule has 0 saturated carbocycles. The molecule has 1 heterocycles. The SMILES string of the molecule is CCc1ccc(N=C2NC(=O)C(=Cc3ccc(Br)cc3)S2)cc1. The Morgan fingerprint density at radius 2 is 1.83 bits per heavy atom. The summed E-state index contributed by atoms with van der Waals surface area (Å²) in [6, 6.07) is 15.9. The average molecular weight is 387 g/mol. The van der Waals surface area contributed by atoms with E-state index < -0.39 is 0 Å². The lowest BCUT2D eigenvalue weighted by molar-refractivity contribution is -0.115. The molecular weight excluding hydrogens is 372 g/mol. The van der Waals surface area contributed by atoms with Crippen molar-refractivity contribution < 1.29 is 4.79 Å². The van der Waals surface area contributed by atoms with Crippen molar-refractivity contribution in [1.82, 2.24) is 5.32 Å². The number of amidine groups is 1. The standard InChI is InChI=1S/C18H15BrN2OS/c1-2-12-5-9-15(10-6-12)20-18-21-17(22)16(23-18)11-13-3-7-14(19)8-4-13/h3-11H,2H2,1H3,(H,20,21,22). The van der Waals surface area contributed by atoms with Crippen molar-refractivity contribution >= 4 is 50.5 Å². The Morgan fingerprint density at radius 3 is 2.48 bits per heavy atom. The smallest absolute Gasteiger partial charge is 0.264 e. The van der Waals surface area contributed by atoms with E-state index in [-0.39, 0.29) is 5.91 Å². The molecule has 5 heteroatoms. The predicted molar refractivity (Wildman–Crippen MR) is 101 cm³/mol. The molecule has 0 radical (unpaired) electrons. The predicted octanol–water partition coefficient (Wildman–Crippen LogP) is 4.90. The zero-order valence-electron chi connectivity index (χ0n) is 12.5. The number of thioether (sulfide) groups is 1. The van der Waals surface area contributed by atoms with Crippen LogP contribution in [0.5, 0.6) is 0 Å². The first-order valence-corrected chi connectivity index (χ1v) is 8.89. The summed E-state index contributed by atoms with van der Waals surface area (Å²) < 4.78 is 1.01. The molecule has 0 unspecified atom stereocenters. The molecule has 0 aliphatic carbocycles. The summed E-state index contributed by atoms with van der Waals surface area (Å²) in [7, 11) is 0. The fourth-order valence-corrected chi connectivity index (χ4v) is 3.22. The lowest BCUT2D eigenvalue weighted by atomic mass is 10.2. The zero-order chi connectivity index (χ0) is 16.2. The second-order valence-corrected chi connectivity index (χ2v) is 7.00. The summed E-state index contributed by atoms with van der Waals surface area (Å²) in [5.41, 5.74) is 3.10. The molecule has 0 bridgehead atoms. The Morgan fingerprint density at radius 1 is 1.13 bits per heavy atom. The van der Waals surface area contributed by atoms with Gasteiger partial charge in [0.1, 0.15) is 0 Å². The van der Waals surface area contributed by atoms with Crippen LogP contribution in [0.1, 0.15) is 18.1 Å². The molecule has 1 saturated heterocycles. The van der Waals surface area contributed by atoms with E-state index in [4.69, 9.17) is 0 Å². The summed E-state index contributed by atoms with van der Waals surface area (Å²) in [6.07, 6.45) is 2.87. The van der Waals surface area contributed by atoms with E-state index in [0.717, 1.165) is 22.1 Å². The number of hydrogen-bond donors (Lipinski definition) is 1. The minimum atomic E-state index is -0.109. The summed E-state index contributed by atoms with van der Waals surface area (Å²) >= 11 is 4.76. The van der Waals surface area contributed by atoms with Crippen molar-refractivity contribution in [2.75, 3.05) is 0 Å². The molecule has 3 nitrogen and oxygen atoms in total. The van der Waals surface area contributed by atoms with E-state index in [0.29, 0.717) is 10.1 Å². The number of hydrogen-bond acceptors (Lipinski definition) is 3. The monoisotopic (exact) mass is 386 g/mol. The van der Waals surface area contributed by atoms with Crippen molar-refractivity contribution in [3.05, 3.63) is 69.0 Å². The number of nitrogens with zero attached hydrogens (tertiary/aromatic N) is 1. The lowest BCUT2D eigenvalue weighted by Crippen LogP contribution is -2.19. The molecule has 0 aromatic heterocycles. The van der Waals surface area contributed by atoms with Crippen LogP contribution in [0.4, 0.5) is 5.69 Å². The largest absolute Gasteiger partial charge is 0.300 e. The number of rotatable bonds is 3. The first-order valence-electron chi connectivity index (χ1n) is 7.28. The van der Waals surface area contributed by atoms with Gasteiger partial charge in [0.25, 0.3) is 5.91 Å². The van der Waals surface area contributed by atoms with Crippen LogP contribution >= 0.6 is 27.7 Å². The topological polar surface area (TPSA) is 41.5 Å². The Bertz CT molecular complexity index is 780.